The summed E-state index contributed by atoms with van der Waals surface area (Å²) in [6.07, 6.45) is 0. The van der Waals surface area contributed by atoms with E-state index in [1.807, 2.05) is 41.5 Å². The molecule has 0 bridgehead atoms. The third-order valence-electron chi connectivity index (χ3n) is 3.57. The van der Waals surface area contributed by atoms with Gasteiger partial charge in [-0.3, -0.25) is 4.55 Å². The van der Waals surface area contributed by atoms with Gasteiger partial charge in [-0.05, 0) is 16.6 Å². The molecule has 0 aliphatic rings. The van der Waals surface area contributed by atoms with Gasteiger partial charge in [-0.25, -0.2) is 8.42 Å². The highest BCUT2D eigenvalue weighted by atomic mass is 32.2. The first kappa shape index (κ1) is 20.0. The van der Waals surface area contributed by atoms with E-state index in [4.69, 9.17) is 8.42 Å². The van der Waals surface area contributed by atoms with E-state index in [9.17, 15) is 16.8 Å². The van der Waals surface area contributed by atoms with Crippen LogP contribution in [0.25, 0.3) is 0 Å². The number of hydrogen-bond donors (Lipinski definition) is 1. The third-order valence-corrected chi connectivity index (χ3v) is 12.8. The molecule has 0 aromatic heterocycles. The molecule has 9 heteroatoms. The van der Waals surface area contributed by atoms with Crippen molar-refractivity contribution in [1.82, 2.24) is 0 Å². The molecule has 122 valence electrons. The Kier molecular flexibility index (Phi) is 6.88. The zero-order valence-electron chi connectivity index (χ0n) is 13.0. The molecule has 0 radical (unpaired) electrons. The van der Waals surface area contributed by atoms with Gasteiger partial charge in [0, 0.05) is 0 Å². The summed E-state index contributed by atoms with van der Waals surface area (Å²) in [6.45, 7) is 11.6. The highest BCUT2D eigenvalue weighted by molar-refractivity contribution is 7.90. The maximum absolute atomic E-state index is 12.0. The maximum atomic E-state index is 12.0. The van der Waals surface area contributed by atoms with Crippen LogP contribution in [-0.2, 0) is 24.1 Å². The van der Waals surface area contributed by atoms with Gasteiger partial charge in [0.15, 0.2) is 0 Å². The van der Waals surface area contributed by atoms with Crippen LogP contribution in [0.4, 0.5) is 0 Å². The first-order valence-electron chi connectivity index (χ1n) is 6.63. The molecule has 0 unspecified atom stereocenters. The minimum atomic E-state index is -4.32. The van der Waals surface area contributed by atoms with Crippen LogP contribution in [0, 0.1) is 0 Å². The van der Waals surface area contributed by atoms with Crippen LogP contribution in [0.5, 0.6) is 0 Å². The van der Waals surface area contributed by atoms with Crippen molar-refractivity contribution in [2.75, 3.05) is 11.5 Å². The summed E-state index contributed by atoms with van der Waals surface area (Å²) in [6, 6.07) is 0. The Labute approximate surface area is 123 Å². The van der Waals surface area contributed by atoms with Crippen LogP contribution >= 0.6 is 0 Å². The molecule has 0 spiro atoms. The lowest BCUT2D eigenvalue weighted by Gasteiger charge is -2.40. The molecule has 0 atom stereocenters. The Balaban J connectivity index is 5.37. The van der Waals surface area contributed by atoms with E-state index in [1.54, 1.807) is 0 Å². The third kappa shape index (κ3) is 5.43. The Morgan fingerprint density at radius 1 is 0.850 bits per heavy atom. The molecule has 0 heterocycles. The van der Waals surface area contributed by atoms with Gasteiger partial charge < -0.3 is 3.87 Å². The van der Waals surface area contributed by atoms with Crippen molar-refractivity contribution in [3.05, 3.63) is 0 Å². The topological polar surface area (TPSA) is 97.7 Å². The van der Waals surface area contributed by atoms with Gasteiger partial charge in [-0.2, -0.15) is 8.42 Å². The molecule has 0 aliphatic heterocycles. The fourth-order valence-corrected chi connectivity index (χ4v) is 12.8. The summed E-state index contributed by atoms with van der Waals surface area (Å²) < 4.78 is 59.7. The van der Waals surface area contributed by atoms with E-state index >= 15 is 0 Å². The molecule has 20 heavy (non-hydrogen) atoms. The summed E-state index contributed by atoms with van der Waals surface area (Å²) in [7, 11) is -10.9. The molecular weight excluding hydrogens is 320 g/mol. The molecule has 0 amide bonds. The molecule has 0 aliphatic carbocycles. The van der Waals surface area contributed by atoms with Crippen LogP contribution in [0.15, 0.2) is 0 Å². The monoisotopic (exact) mass is 346 g/mol. The van der Waals surface area contributed by atoms with Crippen LogP contribution in [0.2, 0.25) is 16.6 Å². The SMILES string of the molecule is CC(C)[Si](OS(=O)(=O)CCS(=O)(=O)O)(C(C)C)C(C)C. The van der Waals surface area contributed by atoms with Crippen molar-refractivity contribution in [2.45, 2.75) is 58.2 Å². The Hall–Kier alpha value is 0.0369. The summed E-state index contributed by atoms with van der Waals surface area (Å²) in [4.78, 5) is 0. The molecule has 0 saturated heterocycles. The zero-order chi connectivity index (χ0) is 16.4. The lowest BCUT2D eigenvalue weighted by Crippen LogP contribution is -2.49. The maximum Gasteiger partial charge on any atom is 0.265 e. The average Bonchev–Trinajstić information content (AvgIpc) is 2.21. The second-order valence-corrected chi connectivity index (χ2v) is 14.9. The van der Waals surface area contributed by atoms with Gasteiger partial charge in [0.05, 0.1) is 11.5 Å². The summed E-state index contributed by atoms with van der Waals surface area (Å²) in [5.41, 5.74) is 0.217. The van der Waals surface area contributed by atoms with Gasteiger partial charge in [-0.15, -0.1) is 0 Å². The minimum absolute atomic E-state index is 0.0722. The van der Waals surface area contributed by atoms with E-state index in [-0.39, 0.29) is 16.6 Å². The highest BCUT2D eigenvalue weighted by Gasteiger charge is 2.48. The number of rotatable bonds is 8. The van der Waals surface area contributed by atoms with Crippen LogP contribution in [-0.4, -0.2) is 41.2 Å². The Morgan fingerprint density at radius 3 is 1.45 bits per heavy atom. The second kappa shape index (κ2) is 6.86. The summed E-state index contributed by atoms with van der Waals surface area (Å²) in [5, 5.41) is 0. The van der Waals surface area contributed by atoms with Crippen LogP contribution < -0.4 is 0 Å². The highest BCUT2D eigenvalue weighted by Crippen LogP contribution is 2.43. The summed E-state index contributed by atoms with van der Waals surface area (Å²) in [5.74, 6) is -1.55. The zero-order valence-corrected chi connectivity index (χ0v) is 15.6. The molecule has 6 nitrogen and oxygen atoms in total. The molecule has 1 N–H and O–H groups in total. The molecule has 0 rings (SSSR count). The van der Waals surface area contributed by atoms with Crippen molar-refractivity contribution >= 4 is 28.6 Å². The average molecular weight is 347 g/mol. The fraction of sp³-hybridized carbons (Fsp3) is 1.00. The molecule has 0 saturated carbocycles. The first-order chi connectivity index (χ1) is 8.74. The second-order valence-electron chi connectivity index (χ2n) is 5.95. The van der Waals surface area contributed by atoms with E-state index < -0.39 is 40.1 Å². The van der Waals surface area contributed by atoms with Gasteiger partial charge in [0.2, 0.25) is 8.32 Å². The molecular formula is C11H26O6S2Si. The minimum Gasteiger partial charge on any atom is -0.314 e. The normalized spacial score (nSPS) is 14.5. The van der Waals surface area contributed by atoms with Crippen molar-refractivity contribution < 1.29 is 25.3 Å². The Bertz CT molecular complexity index is 485. The quantitative estimate of drug-likeness (QED) is 0.535. The van der Waals surface area contributed by atoms with Crippen molar-refractivity contribution in [3.8, 4) is 0 Å². The van der Waals surface area contributed by atoms with Crippen LogP contribution in [0.3, 0.4) is 0 Å². The molecule has 0 aromatic carbocycles. The number of hydrogen-bond acceptors (Lipinski definition) is 5. The largest absolute Gasteiger partial charge is 0.314 e. The van der Waals surface area contributed by atoms with E-state index in [1.165, 1.54) is 0 Å². The Morgan fingerprint density at radius 2 is 1.20 bits per heavy atom. The standard InChI is InChI=1S/C11H26O6S2Si/c1-9(2)20(10(3)4,11(5)6)17-19(15,16)8-7-18(12,13)14/h9-11H,7-8H2,1-6H3,(H,12,13,14). The predicted molar refractivity (Wildman–Crippen MR) is 82.3 cm³/mol. The fourth-order valence-electron chi connectivity index (χ4n) is 2.76. The first-order valence-corrected chi connectivity index (χ1v) is 12.0. The lowest BCUT2D eigenvalue weighted by atomic mass is 10.5. The smallest absolute Gasteiger partial charge is 0.265 e. The van der Waals surface area contributed by atoms with Crippen molar-refractivity contribution in [2.24, 2.45) is 0 Å². The van der Waals surface area contributed by atoms with E-state index in [2.05, 4.69) is 0 Å². The lowest BCUT2D eigenvalue weighted by molar-refractivity contribution is 0.446. The van der Waals surface area contributed by atoms with Gasteiger partial charge in [0.25, 0.3) is 20.2 Å². The van der Waals surface area contributed by atoms with Crippen molar-refractivity contribution in [3.63, 3.8) is 0 Å². The van der Waals surface area contributed by atoms with Gasteiger partial charge in [0.1, 0.15) is 0 Å². The van der Waals surface area contributed by atoms with Crippen molar-refractivity contribution in [1.29, 1.82) is 0 Å². The molecule has 0 aromatic rings. The van der Waals surface area contributed by atoms with Gasteiger partial charge in [-0.1, -0.05) is 41.5 Å². The van der Waals surface area contributed by atoms with E-state index in [0.717, 1.165) is 0 Å². The summed E-state index contributed by atoms with van der Waals surface area (Å²) >= 11 is 0. The molecule has 0 fully saturated rings. The van der Waals surface area contributed by atoms with Crippen LogP contribution in [0.1, 0.15) is 41.5 Å². The van der Waals surface area contributed by atoms with Gasteiger partial charge >= 0.3 is 0 Å². The predicted octanol–water partition coefficient (Wildman–Crippen LogP) is 2.40. The van der Waals surface area contributed by atoms with E-state index in [0.29, 0.717) is 0 Å².